The average molecular weight is 606 g/mol. The van der Waals surface area contributed by atoms with Crippen LogP contribution in [-0.4, -0.2) is 53.5 Å². The minimum Gasteiger partial charge on any atom is -0.478 e. The van der Waals surface area contributed by atoms with Crippen molar-refractivity contribution in [2.24, 2.45) is 0 Å². The van der Waals surface area contributed by atoms with Crippen molar-refractivity contribution in [2.75, 3.05) is 26.6 Å². The zero-order chi connectivity index (χ0) is 32.1. The molecule has 0 spiro atoms. The highest BCUT2D eigenvalue weighted by atomic mass is 16.4. The van der Waals surface area contributed by atoms with Crippen LogP contribution >= 0.6 is 0 Å². The molecule has 11 nitrogen and oxygen atoms in total. The number of nitrogens with zero attached hydrogens (tertiary/aromatic N) is 3. The van der Waals surface area contributed by atoms with Gasteiger partial charge >= 0.3 is 12.0 Å². The summed E-state index contributed by atoms with van der Waals surface area (Å²) in [5.41, 5.74) is 2.06. The molecule has 4 aromatic carbocycles. The first-order valence-corrected chi connectivity index (χ1v) is 14.2. The molecule has 0 radical (unpaired) electrons. The van der Waals surface area contributed by atoms with Crippen LogP contribution in [0, 0.1) is 0 Å². The number of carboxylic acid groups (broad SMARTS) is 1. The summed E-state index contributed by atoms with van der Waals surface area (Å²) in [5, 5.41) is 14.2. The molecule has 5 amide bonds. The van der Waals surface area contributed by atoms with Crippen LogP contribution in [-0.2, 0) is 14.4 Å². The third-order valence-electron chi connectivity index (χ3n) is 7.19. The van der Waals surface area contributed by atoms with Crippen LogP contribution in [0.25, 0.3) is 0 Å². The van der Waals surface area contributed by atoms with Gasteiger partial charge in [0.2, 0.25) is 5.91 Å². The van der Waals surface area contributed by atoms with Crippen molar-refractivity contribution in [1.82, 2.24) is 5.32 Å². The Morgan fingerprint density at radius 1 is 0.778 bits per heavy atom. The lowest BCUT2D eigenvalue weighted by atomic mass is 10.2. The number of hydrogen-bond acceptors (Lipinski definition) is 5. The Balaban J connectivity index is 1.53. The SMILES string of the molecule is CC(C)N(C(=O)CN1C(=O)C(NC(=O)Nc2ccc(C(=O)O)cc2)C(=O)N(c2ccccc2)c2ccccc21)c1ccccc1. The summed E-state index contributed by atoms with van der Waals surface area (Å²) >= 11 is 0. The highest BCUT2D eigenvalue weighted by Gasteiger charge is 2.43. The van der Waals surface area contributed by atoms with Crippen molar-refractivity contribution < 1.29 is 29.1 Å². The van der Waals surface area contributed by atoms with E-state index >= 15 is 0 Å². The summed E-state index contributed by atoms with van der Waals surface area (Å²) in [5.74, 6) is -3.04. The van der Waals surface area contributed by atoms with Crippen molar-refractivity contribution in [2.45, 2.75) is 25.9 Å². The number of para-hydroxylation sites is 4. The van der Waals surface area contributed by atoms with E-state index in [2.05, 4.69) is 10.6 Å². The molecule has 0 saturated heterocycles. The molecule has 1 aliphatic rings. The molecule has 0 fully saturated rings. The molecule has 1 atom stereocenters. The number of carboxylic acids is 1. The molecule has 1 aliphatic heterocycles. The number of benzene rings is 4. The summed E-state index contributed by atoms with van der Waals surface area (Å²) in [6.07, 6.45) is 0. The highest BCUT2D eigenvalue weighted by Crippen LogP contribution is 2.38. The number of nitrogens with one attached hydrogen (secondary N) is 2. The smallest absolute Gasteiger partial charge is 0.335 e. The van der Waals surface area contributed by atoms with E-state index in [0.717, 1.165) is 0 Å². The van der Waals surface area contributed by atoms with Crippen molar-refractivity contribution in [3.63, 3.8) is 0 Å². The molecule has 1 heterocycles. The van der Waals surface area contributed by atoms with E-state index in [9.17, 15) is 24.0 Å². The van der Waals surface area contributed by atoms with Crippen LogP contribution in [0.2, 0.25) is 0 Å². The largest absolute Gasteiger partial charge is 0.478 e. The second-order valence-corrected chi connectivity index (χ2v) is 10.5. The van der Waals surface area contributed by atoms with Crippen LogP contribution in [0.3, 0.4) is 0 Å². The van der Waals surface area contributed by atoms with Crippen molar-refractivity contribution in [3.8, 4) is 0 Å². The van der Waals surface area contributed by atoms with Gasteiger partial charge in [0.1, 0.15) is 6.54 Å². The van der Waals surface area contributed by atoms with Gasteiger partial charge in [0.15, 0.2) is 6.04 Å². The van der Waals surface area contributed by atoms with E-state index in [0.29, 0.717) is 22.7 Å². The number of rotatable bonds is 8. The summed E-state index contributed by atoms with van der Waals surface area (Å²) in [6, 6.07) is 27.1. The Morgan fingerprint density at radius 2 is 1.36 bits per heavy atom. The maximum absolute atomic E-state index is 14.3. The van der Waals surface area contributed by atoms with Gasteiger partial charge in [0.05, 0.1) is 16.9 Å². The quantitative estimate of drug-likeness (QED) is 0.241. The second-order valence-electron chi connectivity index (χ2n) is 10.5. The van der Waals surface area contributed by atoms with Gasteiger partial charge in [-0.1, -0.05) is 48.5 Å². The van der Waals surface area contributed by atoms with Crippen molar-refractivity contribution >= 4 is 58.2 Å². The number of hydrogen-bond donors (Lipinski definition) is 3. The van der Waals surface area contributed by atoms with Gasteiger partial charge in [0, 0.05) is 23.1 Å². The van der Waals surface area contributed by atoms with Gasteiger partial charge < -0.3 is 20.6 Å². The lowest BCUT2D eigenvalue weighted by Gasteiger charge is -2.31. The van der Waals surface area contributed by atoms with E-state index in [1.54, 1.807) is 71.6 Å². The van der Waals surface area contributed by atoms with E-state index in [1.165, 1.54) is 34.1 Å². The monoisotopic (exact) mass is 605 g/mol. The first-order valence-electron chi connectivity index (χ1n) is 14.2. The Morgan fingerprint density at radius 3 is 1.96 bits per heavy atom. The molecule has 11 heteroatoms. The standard InChI is InChI=1S/C34H31N5O6/c1-22(2)38(25-11-5-3-6-12-25)29(40)21-37-27-15-9-10-16-28(27)39(26-13-7-4-8-14-26)32(42)30(31(37)41)36-34(45)35-24-19-17-23(18-20-24)33(43)44/h3-20,22,30H,21H2,1-2H3,(H,43,44)(H2,35,36,45). The number of carbonyl (C=O) groups excluding carboxylic acids is 4. The lowest BCUT2D eigenvalue weighted by Crippen LogP contribution is -2.57. The second kappa shape index (κ2) is 13.1. The van der Waals surface area contributed by atoms with Gasteiger partial charge in [-0.2, -0.15) is 0 Å². The summed E-state index contributed by atoms with van der Waals surface area (Å²) in [6.45, 7) is 3.32. The van der Waals surface area contributed by atoms with E-state index in [4.69, 9.17) is 5.11 Å². The highest BCUT2D eigenvalue weighted by molar-refractivity contribution is 6.25. The predicted molar refractivity (Wildman–Crippen MR) is 171 cm³/mol. The van der Waals surface area contributed by atoms with Gasteiger partial charge in [-0.15, -0.1) is 0 Å². The van der Waals surface area contributed by atoms with E-state index < -0.39 is 36.4 Å². The number of carbonyl (C=O) groups is 5. The van der Waals surface area contributed by atoms with E-state index in [-0.39, 0.29) is 23.2 Å². The molecule has 1 unspecified atom stereocenters. The third kappa shape index (κ3) is 6.52. The molecular weight excluding hydrogens is 574 g/mol. The molecule has 45 heavy (non-hydrogen) atoms. The Hall–Kier alpha value is -5.97. The molecule has 4 aromatic rings. The molecule has 3 N–H and O–H groups in total. The van der Waals surface area contributed by atoms with Gasteiger partial charge in [-0.05, 0) is 74.5 Å². The third-order valence-corrected chi connectivity index (χ3v) is 7.19. The van der Waals surface area contributed by atoms with Crippen molar-refractivity contribution in [3.05, 3.63) is 115 Å². The van der Waals surface area contributed by atoms with Gasteiger partial charge in [-0.3, -0.25) is 24.2 Å². The molecule has 0 saturated carbocycles. The average Bonchev–Trinajstić information content (AvgIpc) is 3.11. The minimum atomic E-state index is -1.71. The Labute approximate surface area is 259 Å². The zero-order valence-corrected chi connectivity index (χ0v) is 24.6. The molecule has 0 aromatic heterocycles. The number of anilines is 5. The molecule has 228 valence electrons. The van der Waals surface area contributed by atoms with Gasteiger partial charge in [-0.25, -0.2) is 9.59 Å². The first-order chi connectivity index (χ1) is 21.7. The van der Waals surface area contributed by atoms with Crippen LogP contribution < -0.4 is 25.3 Å². The number of amides is 5. The number of urea groups is 1. The maximum atomic E-state index is 14.3. The topological polar surface area (TPSA) is 139 Å². The summed E-state index contributed by atoms with van der Waals surface area (Å²) in [7, 11) is 0. The summed E-state index contributed by atoms with van der Waals surface area (Å²) in [4.78, 5) is 70.9. The van der Waals surface area contributed by atoms with Crippen LogP contribution in [0.4, 0.5) is 33.2 Å². The van der Waals surface area contributed by atoms with Crippen LogP contribution in [0.1, 0.15) is 24.2 Å². The first kappa shape index (κ1) is 30.5. The Bertz CT molecular complexity index is 1730. The van der Waals surface area contributed by atoms with Crippen LogP contribution in [0.5, 0.6) is 0 Å². The van der Waals surface area contributed by atoms with E-state index in [1.807, 2.05) is 32.0 Å². The molecular formula is C34H31N5O6. The maximum Gasteiger partial charge on any atom is 0.335 e. The van der Waals surface area contributed by atoms with Gasteiger partial charge in [0.25, 0.3) is 11.8 Å². The molecule has 0 bridgehead atoms. The number of fused-ring (bicyclic) bond motifs is 1. The zero-order valence-electron chi connectivity index (χ0n) is 24.6. The minimum absolute atomic E-state index is 0.0256. The predicted octanol–water partition coefficient (Wildman–Crippen LogP) is 5.03. The lowest BCUT2D eigenvalue weighted by molar-refractivity contribution is -0.129. The molecule has 5 rings (SSSR count). The fourth-order valence-corrected chi connectivity index (χ4v) is 5.16. The molecule has 0 aliphatic carbocycles. The van der Waals surface area contributed by atoms with Crippen molar-refractivity contribution in [1.29, 1.82) is 0 Å². The summed E-state index contributed by atoms with van der Waals surface area (Å²) < 4.78 is 0. The number of aromatic carboxylic acids is 1. The Kier molecular flexibility index (Phi) is 8.89. The van der Waals surface area contributed by atoms with Crippen LogP contribution in [0.15, 0.2) is 109 Å². The fourth-order valence-electron chi connectivity index (χ4n) is 5.16. The normalized spacial score (nSPS) is 14.4. The fraction of sp³-hybridized carbons (Fsp3) is 0.147.